The van der Waals surface area contributed by atoms with Gasteiger partial charge in [0, 0.05) is 25.3 Å². The Balaban J connectivity index is 2.21. The van der Waals surface area contributed by atoms with Crippen molar-refractivity contribution < 1.29 is 4.74 Å². The van der Waals surface area contributed by atoms with Gasteiger partial charge in [0.05, 0.1) is 7.11 Å². The number of nitrogens with two attached hydrogens (primary N) is 1. The number of hydrogen-bond donors (Lipinski definition) is 1. The number of benzene rings is 2. The molecule has 0 amide bonds. The minimum Gasteiger partial charge on any atom is -0.497 e. The lowest BCUT2D eigenvalue weighted by Gasteiger charge is -2.24. The Hall–Kier alpha value is -2.00. The van der Waals surface area contributed by atoms with Gasteiger partial charge in [-0.3, -0.25) is 0 Å². The van der Waals surface area contributed by atoms with Crippen LogP contribution in [0.15, 0.2) is 48.5 Å². The molecular formula is C17H22N2O. The maximum atomic E-state index is 6.04. The second-order valence-electron chi connectivity index (χ2n) is 5.06. The van der Waals surface area contributed by atoms with E-state index in [2.05, 4.69) is 36.2 Å². The summed E-state index contributed by atoms with van der Waals surface area (Å²) in [4.78, 5) is 2.22. The van der Waals surface area contributed by atoms with Crippen molar-refractivity contribution in [2.24, 2.45) is 5.73 Å². The van der Waals surface area contributed by atoms with Gasteiger partial charge in [0.15, 0.2) is 0 Å². The molecule has 0 bridgehead atoms. The molecule has 1 atom stereocenters. The Morgan fingerprint density at radius 2 is 1.90 bits per heavy atom. The number of nitrogens with zero attached hydrogens (tertiary/aromatic N) is 1. The van der Waals surface area contributed by atoms with E-state index in [1.807, 2.05) is 31.2 Å². The van der Waals surface area contributed by atoms with Crippen LogP contribution in [0.2, 0.25) is 0 Å². The molecule has 0 aliphatic carbocycles. The smallest absolute Gasteiger partial charge is 0.119 e. The lowest BCUT2D eigenvalue weighted by atomic mass is 10.1. The molecule has 0 aliphatic heterocycles. The lowest BCUT2D eigenvalue weighted by Crippen LogP contribution is -2.20. The van der Waals surface area contributed by atoms with Crippen LogP contribution in [-0.4, -0.2) is 14.2 Å². The molecular weight excluding hydrogens is 248 g/mol. The molecule has 0 aromatic heterocycles. The summed E-state index contributed by atoms with van der Waals surface area (Å²) in [5, 5.41) is 0. The van der Waals surface area contributed by atoms with E-state index in [1.165, 1.54) is 11.3 Å². The second kappa shape index (κ2) is 6.44. The van der Waals surface area contributed by atoms with Crippen molar-refractivity contribution in [2.45, 2.75) is 19.5 Å². The van der Waals surface area contributed by atoms with E-state index >= 15 is 0 Å². The fourth-order valence-corrected chi connectivity index (χ4v) is 2.35. The summed E-state index contributed by atoms with van der Waals surface area (Å²) in [7, 11) is 3.77. The van der Waals surface area contributed by atoms with Crippen LogP contribution in [0.5, 0.6) is 5.75 Å². The van der Waals surface area contributed by atoms with Crippen LogP contribution >= 0.6 is 0 Å². The van der Waals surface area contributed by atoms with Crippen molar-refractivity contribution in [1.29, 1.82) is 0 Å². The van der Waals surface area contributed by atoms with Crippen LogP contribution in [0.4, 0.5) is 5.69 Å². The Morgan fingerprint density at radius 1 is 1.15 bits per heavy atom. The lowest BCUT2D eigenvalue weighted by molar-refractivity contribution is 0.414. The average molecular weight is 270 g/mol. The Morgan fingerprint density at radius 3 is 2.60 bits per heavy atom. The number of anilines is 1. The molecule has 20 heavy (non-hydrogen) atoms. The molecule has 106 valence electrons. The van der Waals surface area contributed by atoms with Crippen molar-refractivity contribution in [3.8, 4) is 5.75 Å². The van der Waals surface area contributed by atoms with Crippen molar-refractivity contribution >= 4 is 5.69 Å². The fourth-order valence-electron chi connectivity index (χ4n) is 2.35. The number of rotatable bonds is 5. The zero-order valence-electron chi connectivity index (χ0n) is 12.3. The SMILES string of the molecule is COc1cccc(CN(C)c2ccccc2C(C)N)c1. The van der Waals surface area contributed by atoms with Crippen LogP contribution in [0, 0.1) is 0 Å². The third-order valence-corrected chi connectivity index (χ3v) is 3.39. The number of ether oxygens (including phenoxy) is 1. The summed E-state index contributed by atoms with van der Waals surface area (Å²) in [6.07, 6.45) is 0. The maximum Gasteiger partial charge on any atom is 0.119 e. The predicted molar refractivity (Wildman–Crippen MR) is 84.1 cm³/mol. The fraction of sp³-hybridized carbons (Fsp3) is 0.294. The van der Waals surface area contributed by atoms with Crippen molar-refractivity contribution in [1.82, 2.24) is 0 Å². The topological polar surface area (TPSA) is 38.5 Å². The van der Waals surface area contributed by atoms with E-state index in [9.17, 15) is 0 Å². The van der Waals surface area contributed by atoms with Crippen LogP contribution in [0.25, 0.3) is 0 Å². The van der Waals surface area contributed by atoms with Gasteiger partial charge in [-0.15, -0.1) is 0 Å². The molecule has 2 N–H and O–H groups in total. The molecule has 0 radical (unpaired) electrons. The highest BCUT2D eigenvalue weighted by atomic mass is 16.5. The standard InChI is InChI=1S/C17H22N2O/c1-13(18)16-9-4-5-10-17(16)19(2)12-14-7-6-8-15(11-14)20-3/h4-11,13H,12,18H2,1-3H3. The molecule has 0 heterocycles. The zero-order chi connectivity index (χ0) is 14.5. The van der Waals surface area contributed by atoms with Gasteiger partial charge in [-0.05, 0) is 36.2 Å². The Bertz CT molecular complexity index is 566. The van der Waals surface area contributed by atoms with Gasteiger partial charge in [0.25, 0.3) is 0 Å². The normalized spacial score (nSPS) is 12.0. The van der Waals surface area contributed by atoms with Gasteiger partial charge in [0.1, 0.15) is 5.75 Å². The molecule has 3 nitrogen and oxygen atoms in total. The molecule has 2 aromatic rings. The second-order valence-corrected chi connectivity index (χ2v) is 5.06. The first-order valence-corrected chi connectivity index (χ1v) is 6.80. The molecule has 0 spiro atoms. The first-order valence-electron chi connectivity index (χ1n) is 6.80. The van der Waals surface area contributed by atoms with Crippen molar-refractivity contribution in [3.05, 3.63) is 59.7 Å². The summed E-state index contributed by atoms with van der Waals surface area (Å²) in [6.45, 7) is 2.83. The van der Waals surface area contributed by atoms with Gasteiger partial charge >= 0.3 is 0 Å². The van der Waals surface area contributed by atoms with Crippen molar-refractivity contribution in [3.63, 3.8) is 0 Å². The molecule has 0 aliphatic rings. The minimum absolute atomic E-state index is 0.0268. The highest BCUT2D eigenvalue weighted by Crippen LogP contribution is 2.25. The number of para-hydroxylation sites is 1. The van der Waals surface area contributed by atoms with Gasteiger partial charge in [-0.1, -0.05) is 30.3 Å². The van der Waals surface area contributed by atoms with E-state index in [0.717, 1.165) is 17.9 Å². The Kier molecular flexibility index (Phi) is 4.64. The Labute approximate surface area is 121 Å². The highest BCUT2D eigenvalue weighted by molar-refractivity contribution is 5.54. The number of methoxy groups -OCH3 is 1. The number of hydrogen-bond acceptors (Lipinski definition) is 3. The quantitative estimate of drug-likeness (QED) is 0.905. The average Bonchev–Trinajstić information content (AvgIpc) is 2.47. The molecule has 0 fully saturated rings. The molecule has 3 heteroatoms. The largest absolute Gasteiger partial charge is 0.497 e. The first kappa shape index (κ1) is 14.4. The van der Waals surface area contributed by atoms with E-state index in [1.54, 1.807) is 7.11 Å². The van der Waals surface area contributed by atoms with Crippen LogP contribution in [0.3, 0.4) is 0 Å². The molecule has 2 rings (SSSR count). The third kappa shape index (κ3) is 3.31. The van der Waals surface area contributed by atoms with Crippen molar-refractivity contribution in [2.75, 3.05) is 19.1 Å². The van der Waals surface area contributed by atoms with Gasteiger partial charge in [0.2, 0.25) is 0 Å². The zero-order valence-corrected chi connectivity index (χ0v) is 12.3. The van der Waals surface area contributed by atoms with Gasteiger partial charge < -0.3 is 15.4 Å². The highest BCUT2D eigenvalue weighted by Gasteiger charge is 2.10. The van der Waals surface area contributed by atoms with Crippen LogP contribution in [-0.2, 0) is 6.54 Å². The summed E-state index contributed by atoms with van der Waals surface area (Å²) in [5.74, 6) is 0.886. The van der Waals surface area contributed by atoms with E-state index in [4.69, 9.17) is 10.5 Å². The van der Waals surface area contributed by atoms with E-state index in [-0.39, 0.29) is 6.04 Å². The molecule has 1 unspecified atom stereocenters. The monoisotopic (exact) mass is 270 g/mol. The summed E-state index contributed by atoms with van der Waals surface area (Å²) in [6, 6.07) is 16.4. The predicted octanol–water partition coefficient (Wildman–Crippen LogP) is 3.35. The van der Waals surface area contributed by atoms with Crippen LogP contribution < -0.4 is 15.4 Å². The summed E-state index contributed by atoms with van der Waals surface area (Å²) in [5.41, 5.74) is 9.60. The molecule has 0 saturated carbocycles. The summed E-state index contributed by atoms with van der Waals surface area (Å²) < 4.78 is 5.27. The molecule has 2 aromatic carbocycles. The van der Waals surface area contributed by atoms with E-state index < -0.39 is 0 Å². The van der Waals surface area contributed by atoms with Gasteiger partial charge in [-0.2, -0.15) is 0 Å². The maximum absolute atomic E-state index is 6.04. The summed E-state index contributed by atoms with van der Waals surface area (Å²) >= 11 is 0. The first-order chi connectivity index (χ1) is 9.61. The molecule has 0 saturated heterocycles. The van der Waals surface area contributed by atoms with Gasteiger partial charge in [-0.25, -0.2) is 0 Å². The van der Waals surface area contributed by atoms with Crippen LogP contribution in [0.1, 0.15) is 24.1 Å². The van der Waals surface area contributed by atoms with E-state index in [0.29, 0.717) is 0 Å². The third-order valence-electron chi connectivity index (χ3n) is 3.39. The minimum atomic E-state index is 0.0268.